The van der Waals surface area contributed by atoms with Gasteiger partial charge in [-0.2, -0.15) is 0 Å². The van der Waals surface area contributed by atoms with Gasteiger partial charge in [0.25, 0.3) is 0 Å². The summed E-state index contributed by atoms with van der Waals surface area (Å²) in [5.41, 5.74) is 22.3. The van der Waals surface area contributed by atoms with E-state index in [1.54, 1.807) is 0 Å². The van der Waals surface area contributed by atoms with E-state index < -0.39 is 19.8 Å². The molecule has 13 aromatic rings. The number of rotatable bonds is 7. The van der Waals surface area contributed by atoms with Gasteiger partial charge in [-0.15, -0.1) is 0 Å². The number of hydrogen-bond donors (Lipinski definition) is 0. The van der Waals surface area contributed by atoms with E-state index in [0.717, 1.165) is 33.1 Å². The van der Waals surface area contributed by atoms with Gasteiger partial charge in [-0.25, -0.2) is 0 Å². The maximum atomic E-state index is 6.44. The van der Waals surface area contributed by atoms with Crippen LogP contribution in [0.4, 0.5) is 0 Å². The minimum atomic E-state index is -2.33. The average Bonchev–Trinajstić information content (AvgIpc) is 4.04. The second-order valence-corrected chi connectivity index (χ2v) is 27.3. The number of para-hydroxylation sites is 2. The van der Waals surface area contributed by atoms with E-state index in [1.165, 1.54) is 110 Å². The summed E-state index contributed by atoms with van der Waals surface area (Å²) in [6.45, 7) is 9.73. The Morgan fingerprint density at radius 1 is 0.276 bits per heavy atom. The molecule has 1 nitrogen and oxygen atoms in total. The normalized spacial score (nSPS) is 14.0. The van der Waals surface area contributed by atoms with Crippen molar-refractivity contribution in [3.8, 4) is 66.8 Å². The maximum absolute atomic E-state index is 6.44. The SMILES string of the molecule is CC1(C)c2cc(-c3ccc4ccccc4c3)ccc2-c2ccc(I(c3ccc(-c4ccc(-c5cccc6c5oc5ccccc56)cc4)cc3)c3ccc4c(c3)C(C)(C)c3cc(-c5ccc6ccccc6c5)ccc3-4)cc21. The third-order valence-corrected chi connectivity index (χ3v) is 22.7. The molecule has 15 rings (SSSR count). The Hall–Kier alpha value is -8.31. The van der Waals surface area contributed by atoms with E-state index in [1.807, 2.05) is 6.07 Å². The summed E-state index contributed by atoms with van der Waals surface area (Å²) >= 11 is -2.33. The average molecular weight is 1090 g/mol. The molecule has 2 aliphatic rings. The van der Waals surface area contributed by atoms with E-state index in [0.29, 0.717) is 0 Å². The Labute approximate surface area is 451 Å². The molecular weight excluding hydrogens is 1030 g/mol. The van der Waals surface area contributed by atoms with Crippen LogP contribution in [-0.2, 0) is 10.8 Å². The van der Waals surface area contributed by atoms with Crippen molar-refractivity contribution < 1.29 is 4.42 Å². The number of hydrogen-bond acceptors (Lipinski definition) is 1. The molecule has 0 atom stereocenters. The van der Waals surface area contributed by atoms with Gasteiger partial charge >= 0.3 is 418 Å². The van der Waals surface area contributed by atoms with Crippen LogP contribution in [0, 0.1) is 10.7 Å². The molecule has 2 aliphatic carbocycles. The molecule has 0 N–H and O–H groups in total. The van der Waals surface area contributed by atoms with Crippen molar-refractivity contribution in [1.82, 2.24) is 0 Å². The van der Waals surface area contributed by atoms with Crippen molar-refractivity contribution in [3.05, 3.63) is 282 Å². The Balaban J connectivity index is 0.809. The standard InChI is InChI=1S/C74H53IO/c1-73(2)67-42-55(53-26-22-46-12-5-7-14-51(46)40-53)30-36-61(67)63-38-34-58(44-69(63)73)75(57-32-28-49(29-33-57)48-20-24-50(25-21-48)60-17-11-18-66-65-16-9-10-19-71(65)76-72(60)66)59-35-39-64-62-37-31-56(43-68(62)74(3,4)70(64)45-59)54-27-23-47-13-6-8-15-52(47)41-54/h5-45H,1-4H3. The van der Waals surface area contributed by atoms with Crippen LogP contribution < -0.4 is 0 Å². The van der Waals surface area contributed by atoms with Crippen molar-refractivity contribution >= 4 is 63.3 Å². The Bertz CT molecular complexity index is 4320. The molecule has 12 aromatic carbocycles. The van der Waals surface area contributed by atoms with E-state index in [2.05, 4.69) is 270 Å². The molecule has 2 heteroatoms. The molecule has 0 saturated heterocycles. The topological polar surface area (TPSA) is 13.1 Å². The number of fused-ring (bicyclic) bond motifs is 11. The summed E-state index contributed by atoms with van der Waals surface area (Å²) in [5, 5.41) is 7.39. The Morgan fingerprint density at radius 3 is 1.22 bits per heavy atom. The molecule has 362 valence electrons. The molecule has 0 radical (unpaired) electrons. The van der Waals surface area contributed by atoms with Crippen molar-refractivity contribution in [1.29, 1.82) is 0 Å². The first kappa shape index (κ1) is 45.1. The molecule has 0 spiro atoms. The zero-order chi connectivity index (χ0) is 50.9. The summed E-state index contributed by atoms with van der Waals surface area (Å²) in [6, 6.07) is 93.9. The van der Waals surface area contributed by atoms with Crippen LogP contribution in [0.2, 0.25) is 0 Å². The van der Waals surface area contributed by atoms with Crippen molar-refractivity contribution in [2.45, 2.75) is 38.5 Å². The predicted octanol–water partition coefficient (Wildman–Crippen LogP) is 20.6. The van der Waals surface area contributed by atoms with Crippen LogP contribution in [0.25, 0.3) is 110 Å². The first-order valence-electron chi connectivity index (χ1n) is 26.5. The van der Waals surface area contributed by atoms with Gasteiger partial charge in [0.05, 0.1) is 0 Å². The second kappa shape index (κ2) is 17.1. The third kappa shape index (κ3) is 7.11. The Morgan fingerprint density at radius 2 is 0.671 bits per heavy atom. The van der Waals surface area contributed by atoms with Gasteiger partial charge in [0, 0.05) is 0 Å². The van der Waals surface area contributed by atoms with E-state index in [-0.39, 0.29) is 10.8 Å². The molecule has 0 fully saturated rings. The zero-order valence-electron chi connectivity index (χ0n) is 43.0. The summed E-state index contributed by atoms with van der Waals surface area (Å²) in [5.74, 6) is 0. The van der Waals surface area contributed by atoms with Crippen molar-refractivity contribution in [2.24, 2.45) is 0 Å². The first-order chi connectivity index (χ1) is 37.1. The minimum absolute atomic E-state index is 0.175. The second-order valence-electron chi connectivity index (χ2n) is 21.9. The fraction of sp³-hybridized carbons (Fsp3) is 0.0811. The molecular formula is C74H53IO. The van der Waals surface area contributed by atoms with Crippen LogP contribution in [0.15, 0.2) is 253 Å². The molecule has 0 aliphatic heterocycles. The van der Waals surface area contributed by atoms with Crippen molar-refractivity contribution in [2.75, 3.05) is 0 Å². The number of halogens is 1. The third-order valence-electron chi connectivity index (χ3n) is 16.9. The molecule has 1 aromatic heterocycles. The predicted molar refractivity (Wildman–Crippen MR) is 329 cm³/mol. The molecule has 76 heavy (non-hydrogen) atoms. The van der Waals surface area contributed by atoms with Crippen LogP contribution in [-0.4, -0.2) is 0 Å². The van der Waals surface area contributed by atoms with Gasteiger partial charge in [-0.3, -0.25) is 0 Å². The monoisotopic (exact) mass is 1080 g/mol. The van der Waals surface area contributed by atoms with Gasteiger partial charge in [0.15, 0.2) is 0 Å². The van der Waals surface area contributed by atoms with Crippen molar-refractivity contribution in [3.63, 3.8) is 0 Å². The van der Waals surface area contributed by atoms with E-state index >= 15 is 0 Å². The summed E-state index contributed by atoms with van der Waals surface area (Å²) in [4.78, 5) is 0. The van der Waals surface area contributed by atoms with Crippen LogP contribution in [0.3, 0.4) is 0 Å². The molecule has 1 heterocycles. The molecule has 0 saturated carbocycles. The van der Waals surface area contributed by atoms with E-state index in [9.17, 15) is 0 Å². The Kier molecular flexibility index (Phi) is 10.2. The quantitative estimate of drug-likeness (QED) is 0.145. The number of furan rings is 1. The summed E-state index contributed by atoms with van der Waals surface area (Å²) in [7, 11) is 0. The fourth-order valence-electron chi connectivity index (χ4n) is 12.7. The van der Waals surface area contributed by atoms with Gasteiger partial charge < -0.3 is 0 Å². The molecule has 0 amide bonds. The van der Waals surface area contributed by atoms with Crippen LogP contribution in [0.1, 0.15) is 49.9 Å². The molecule has 0 unspecified atom stereocenters. The molecule has 0 bridgehead atoms. The van der Waals surface area contributed by atoms with Gasteiger partial charge in [-0.1, -0.05) is 30.3 Å². The van der Waals surface area contributed by atoms with Gasteiger partial charge in [0.2, 0.25) is 0 Å². The van der Waals surface area contributed by atoms with Gasteiger partial charge in [0.1, 0.15) is 0 Å². The van der Waals surface area contributed by atoms with E-state index in [4.69, 9.17) is 4.42 Å². The first-order valence-corrected chi connectivity index (χ1v) is 29.8. The van der Waals surface area contributed by atoms with Gasteiger partial charge in [-0.05, 0) is 6.07 Å². The zero-order valence-corrected chi connectivity index (χ0v) is 45.1. The summed E-state index contributed by atoms with van der Waals surface area (Å²) in [6.07, 6.45) is 0. The summed E-state index contributed by atoms with van der Waals surface area (Å²) < 4.78 is 10.8. The fourth-order valence-corrected chi connectivity index (χ4v) is 18.3. The van der Waals surface area contributed by atoms with Crippen LogP contribution >= 0.6 is 19.8 Å². The number of benzene rings is 12. The van der Waals surface area contributed by atoms with Crippen LogP contribution in [0.5, 0.6) is 0 Å².